The molecule has 3 fully saturated rings. The third-order valence-electron chi connectivity index (χ3n) is 6.71. The van der Waals surface area contributed by atoms with Crippen LogP contribution in [0.1, 0.15) is 43.2 Å². The van der Waals surface area contributed by atoms with E-state index in [0.717, 1.165) is 37.3 Å². The van der Waals surface area contributed by atoms with E-state index >= 15 is 0 Å². The standard InChI is InChI=1S/C24H25ClFN3O3/c25-19-6-5-18(11-20(19)26)32-15-22(31)29-23-7-9-24(10-8-23,21(30)12-23)28-14-17-3-1-16(13-27)2-4-17/h1-6,11,21,28,30H,7-10,12,14-15H2,(H,29,31)/t21-,23?,24?/m0/s1. The van der Waals surface area contributed by atoms with Crippen LogP contribution >= 0.6 is 11.6 Å². The van der Waals surface area contributed by atoms with E-state index in [4.69, 9.17) is 21.6 Å². The maximum absolute atomic E-state index is 13.5. The van der Waals surface area contributed by atoms with E-state index in [0.29, 0.717) is 18.5 Å². The van der Waals surface area contributed by atoms with Crippen molar-refractivity contribution in [1.29, 1.82) is 5.26 Å². The van der Waals surface area contributed by atoms with Gasteiger partial charge in [-0.05, 0) is 61.9 Å². The molecule has 5 rings (SSSR count). The van der Waals surface area contributed by atoms with E-state index in [-0.39, 0.29) is 28.8 Å². The molecular formula is C24H25ClFN3O3. The van der Waals surface area contributed by atoms with Crippen LogP contribution in [0.5, 0.6) is 5.75 Å². The molecule has 1 amide bonds. The van der Waals surface area contributed by atoms with Crippen molar-refractivity contribution in [1.82, 2.24) is 10.6 Å². The number of halogens is 2. The number of fused-ring (bicyclic) bond motifs is 3. The van der Waals surface area contributed by atoms with Gasteiger partial charge in [-0.25, -0.2) is 4.39 Å². The minimum Gasteiger partial charge on any atom is -0.484 e. The van der Waals surface area contributed by atoms with Gasteiger partial charge in [-0.1, -0.05) is 23.7 Å². The van der Waals surface area contributed by atoms with E-state index in [1.54, 1.807) is 12.1 Å². The number of amides is 1. The molecule has 2 aromatic carbocycles. The molecule has 2 aromatic rings. The lowest BCUT2D eigenvalue weighted by Crippen LogP contribution is -2.69. The Morgan fingerprint density at radius 1 is 1.22 bits per heavy atom. The second-order valence-electron chi connectivity index (χ2n) is 8.73. The Balaban J connectivity index is 1.30. The molecule has 3 aliphatic carbocycles. The third-order valence-corrected chi connectivity index (χ3v) is 7.02. The molecule has 0 saturated heterocycles. The third kappa shape index (κ3) is 4.73. The number of nitrogens with one attached hydrogen (secondary N) is 2. The first-order chi connectivity index (χ1) is 15.3. The molecule has 0 heterocycles. The zero-order chi connectivity index (χ0) is 22.8. The predicted molar refractivity (Wildman–Crippen MR) is 118 cm³/mol. The van der Waals surface area contributed by atoms with E-state index in [1.165, 1.54) is 12.1 Å². The summed E-state index contributed by atoms with van der Waals surface area (Å²) in [7, 11) is 0. The summed E-state index contributed by atoms with van der Waals surface area (Å²) in [5.74, 6) is -0.666. The van der Waals surface area contributed by atoms with Gasteiger partial charge in [-0.2, -0.15) is 5.26 Å². The van der Waals surface area contributed by atoms with Crippen molar-refractivity contribution in [2.24, 2.45) is 0 Å². The molecule has 3 aliphatic rings. The van der Waals surface area contributed by atoms with Gasteiger partial charge in [-0.15, -0.1) is 0 Å². The number of nitrogens with zero attached hydrogens (tertiary/aromatic N) is 1. The van der Waals surface area contributed by atoms with E-state index in [9.17, 15) is 14.3 Å². The average Bonchev–Trinajstić information content (AvgIpc) is 2.80. The number of nitriles is 1. The topological polar surface area (TPSA) is 94.4 Å². The van der Waals surface area contributed by atoms with Gasteiger partial charge in [0.1, 0.15) is 11.6 Å². The zero-order valence-corrected chi connectivity index (χ0v) is 18.3. The first-order valence-corrected chi connectivity index (χ1v) is 11.0. The number of ether oxygens (including phenoxy) is 1. The molecule has 8 heteroatoms. The fourth-order valence-electron chi connectivity index (χ4n) is 4.77. The lowest BCUT2D eigenvalue weighted by atomic mass is 9.60. The van der Waals surface area contributed by atoms with Gasteiger partial charge in [0, 0.05) is 23.7 Å². The molecule has 0 spiro atoms. The van der Waals surface area contributed by atoms with Gasteiger partial charge in [0.25, 0.3) is 5.91 Å². The maximum atomic E-state index is 13.5. The Hall–Kier alpha value is -2.66. The summed E-state index contributed by atoms with van der Waals surface area (Å²) in [6.07, 6.45) is 2.88. The Kier molecular flexibility index (Phi) is 6.38. The fraction of sp³-hybridized carbons (Fsp3) is 0.417. The lowest BCUT2D eigenvalue weighted by Gasteiger charge is -2.56. The van der Waals surface area contributed by atoms with Crippen LogP contribution in [0.15, 0.2) is 42.5 Å². The molecule has 3 N–H and O–H groups in total. The highest BCUT2D eigenvalue weighted by Crippen LogP contribution is 2.47. The highest BCUT2D eigenvalue weighted by Gasteiger charge is 2.54. The highest BCUT2D eigenvalue weighted by molar-refractivity contribution is 6.30. The Morgan fingerprint density at radius 3 is 2.56 bits per heavy atom. The number of aliphatic hydroxyl groups is 1. The number of aliphatic hydroxyl groups excluding tert-OH is 1. The first-order valence-electron chi connectivity index (χ1n) is 10.6. The van der Waals surface area contributed by atoms with Crippen LogP contribution in [-0.4, -0.2) is 34.8 Å². The van der Waals surface area contributed by atoms with Crippen molar-refractivity contribution in [2.75, 3.05) is 6.61 Å². The molecule has 3 saturated carbocycles. The summed E-state index contributed by atoms with van der Waals surface area (Å²) in [5.41, 5.74) is 0.839. The van der Waals surface area contributed by atoms with Gasteiger partial charge in [0.15, 0.2) is 6.61 Å². The predicted octanol–water partition coefficient (Wildman–Crippen LogP) is 3.45. The molecule has 1 atom stereocenters. The number of rotatable bonds is 7. The van der Waals surface area contributed by atoms with Crippen molar-refractivity contribution in [2.45, 2.75) is 55.8 Å². The Bertz CT molecular complexity index is 1030. The fourth-order valence-corrected chi connectivity index (χ4v) is 4.89. The average molecular weight is 458 g/mol. The lowest BCUT2D eigenvalue weighted by molar-refractivity contribution is -0.129. The summed E-state index contributed by atoms with van der Waals surface area (Å²) in [6.45, 7) is 0.370. The van der Waals surface area contributed by atoms with Crippen molar-refractivity contribution in [3.05, 3.63) is 64.4 Å². The zero-order valence-electron chi connectivity index (χ0n) is 17.5. The SMILES string of the molecule is N#Cc1ccc(CNC23CCC(NC(=O)COc4ccc(Cl)c(F)c4)(CC2)C[C@@H]3O)cc1. The minimum absolute atomic E-state index is 0.00429. The van der Waals surface area contributed by atoms with Gasteiger partial charge >= 0.3 is 0 Å². The quantitative estimate of drug-likeness (QED) is 0.592. The molecule has 0 aromatic heterocycles. The number of hydrogen-bond donors (Lipinski definition) is 3. The monoisotopic (exact) mass is 457 g/mol. The molecule has 168 valence electrons. The van der Waals surface area contributed by atoms with Crippen molar-refractivity contribution in [3.8, 4) is 11.8 Å². The number of carbonyl (C=O) groups excluding carboxylic acids is 1. The van der Waals surface area contributed by atoms with Crippen LogP contribution in [-0.2, 0) is 11.3 Å². The molecule has 0 unspecified atom stereocenters. The van der Waals surface area contributed by atoms with Crippen LogP contribution in [0.25, 0.3) is 0 Å². The van der Waals surface area contributed by atoms with Gasteiger partial charge in [0.05, 0.1) is 22.8 Å². The highest BCUT2D eigenvalue weighted by atomic mass is 35.5. The van der Waals surface area contributed by atoms with Crippen LogP contribution in [0, 0.1) is 17.1 Å². The first kappa shape index (κ1) is 22.5. The smallest absolute Gasteiger partial charge is 0.258 e. The largest absolute Gasteiger partial charge is 0.484 e. The van der Waals surface area contributed by atoms with E-state index < -0.39 is 17.5 Å². The molecule has 2 bridgehead atoms. The second-order valence-corrected chi connectivity index (χ2v) is 9.14. The van der Waals surface area contributed by atoms with Gasteiger partial charge in [-0.3, -0.25) is 4.79 Å². The van der Waals surface area contributed by atoms with Crippen LogP contribution < -0.4 is 15.4 Å². The summed E-state index contributed by atoms with van der Waals surface area (Å²) in [5, 5.41) is 26.4. The molecule has 32 heavy (non-hydrogen) atoms. The van der Waals surface area contributed by atoms with Crippen LogP contribution in [0.3, 0.4) is 0 Å². The van der Waals surface area contributed by atoms with E-state index in [2.05, 4.69) is 16.7 Å². The minimum atomic E-state index is -0.601. The Morgan fingerprint density at radius 2 is 1.94 bits per heavy atom. The van der Waals surface area contributed by atoms with Crippen LogP contribution in [0.4, 0.5) is 4.39 Å². The Labute approximate surface area is 191 Å². The summed E-state index contributed by atoms with van der Waals surface area (Å²) >= 11 is 5.66. The van der Waals surface area contributed by atoms with Crippen molar-refractivity contribution in [3.63, 3.8) is 0 Å². The van der Waals surface area contributed by atoms with Gasteiger partial charge in [0.2, 0.25) is 0 Å². The molecule has 6 nitrogen and oxygen atoms in total. The number of hydrogen-bond acceptors (Lipinski definition) is 5. The number of carbonyl (C=O) groups is 1. The second kappa shape index (κ2) is 9.07. The van der Waals surface area contributed by atoms with Crippen molar-refractivity contribution >= 4 is 17.5 Å². The number of benzene rings is 2. The van der Waals surface area contributed by atoms with E-state index in [1.807, 2.05) is 12.1 Å². The van der Waals surface area contributed by atoms with Crippen LogP contribution in [0.2, 0.25) is 5.02 Å². The van der Waals surface area contributed by atoms with Gasteiger partial charge < -0.3 is 20.5 Å². The maximum Gasteiger partial charge on any atom is 0.258 e. The summed E-state index contributed by atoms with van der Waals surface area (Å²) < 4.78 is 18.9. The molecule has 0 aliphatic heterocycles. The summed E-state index contributed by atoms with van der Waals surface area (Å²) in [4.78, 5) is 12.5. The van der Waals surface area contributed by atoms with Crippen molar-refractivity contribution < 1.29 is 19.0 Å². The normalized spacial score (nSPS) is 26.4. The molecular weight excluding hydrogens is 433 g/mol. The summed E-state index contributed by atoms with van der Waals surface area (Å²) in [6, 6.07) is 13.5. The molecule has 0 radical (unpaired) electrons.